The monoisotopic (exact) mass is 324 g/mol. The molecule has 0 radical (unpaired) electrons. The van der Waals surface area contributed by atoms with E-state index in [0.29, 0.717) is 24.5 Å². The molecule has 0 fully saturated rings. The summed E-state index contributed by atoms with van der Waals surface area (Å²) >= 11 is 0. The maximum Gasteiger partial charge on any atom is 0.293 e. The molecule has 0 aliphatic carbocycles. The van der Waals surface area contributed by atoms with Gasteiger partial charge in [-0.2, -0.15) is 5.26 Å². The van der Waals surface area contributed by atoms with E-state index in [1.54, 1.807) is 22.9 Å². The van der Waals surface area contributed by atoms with Crippen molar-refractivity contribution in [1.29, 1.82) is 5.26 Å². The van der Waals surface area contributed by atoms with Crippen molar-refractivity contribution in [2.45, 2.75) is 45.6 Å². The number of hydrogen-bond donors (Lipinski definition) is 0. The van der Waals surface area contributed by atoms with Crippen LogP contribution in [0.5, 0.6) is 5.75 Å². The average molecular weight is 324 g/mol. The minimum atomic E-state index is -0.154. The fourth-order valence-electron chi connectivity index (χ4n) is 2.59. The molecule has 0 atom stereocenters. The van der Waals surface area contributed by atoms with Crippen molar-refractivity contribution in [2.24, 2.45) is 0 Å². The molecule has 2 aromatic rings. The molecule has 1 aromatic heterocycles. The maximum atomic E-state index is 12.5. The lowest BCUT2D eigenvalue weighted by molar-refractivity contribution is 0.298. The third-order valence-corrected chi connectivity index (χ3v) is 3.97. The minimum absolute atomic E-state index is 0.154. The van der Waals surface area contributed by atoms with Crippen molar-refractivity contribution >= 4 is 0 Å². The van der Waals surface area contributed by atoms with E-state index in [2.05, 4.69) is 13.0 Å². The molecule has 0 bridgehead atoms. The summed E-state index contributed by atoms with van der Waals surface area (Å²) in [5.41, 5.74) is 1.27. The van der Waals surface area contributed by atoms with Crippen LogP contribution >= 0.6 is 0 Å². The fourth-order valence-corrected chi connectivity index (χ4v) is 2.59. The van der Waals surface area contributed by atoms with Crippen LogP contribution in [0.1, 0.15) is 50.2 Å². The number of benzene rings is 1. The highest BCUT2D eigenvalue weighted by molar-refractivity contribution is 5.37. The lowest BCUT2D eigenvalue weighted by Crippen LogP contribution is -2.22. The van der Waals surface area contributed by atoms with Crippen LogP contribution in [0, 0.1) is 11.3 Å². The first-order valence-electron chi connectivity index (χ1n) is 8.56. The summed E-state index contributed by atoms with van der Waals surface area (Å²) in [6, 6.07) is 13.0. The zero-order valence-corrected chi connectivity index (χ0v) is 14.2. The molecule has 126 valence electrons. The summed E-state index contributed by atoms with van der Waals surface area (Å²) in [4.78, 5) is 12.5. The molecule has 2 rings (SSSR count). The summed E-state index contributed by atoms with van der Waals surface area (Å²) in [6.07, 6.45) is 7.50. The second kappa shape index (κ2) is 9.57. The highest BCUT2D eigenvalue weighted by atomic mass is 16.5. The molecule has 0 aliphatic heterocycles. The van der Waals surface area contributed by atoms with Gasteiger partial charge >= 0.3 is 0 Å². The molecule has 24 heavy (non-hydrogen) atoms. The molecule has 0 saturated carbocycles. The number of pyridine rings is 1. The van der Waals surface area contributed by atoms with Crippen LogP contribution < -0.4 is 10.3 Å². The van der Waals surface area contributed by atoms with E-state index in [9.17, 15) is 4.79 Å². The summed E-state index contributed by atoms with van der Waals surface area (Å²) in [7, 11) is 0. The average Bonchev–Trinajstić information content (AvgIpc) is 2.61. The Labute approximate surface area is 143 Å². The van der Waals surface area contributed by atoms with Gasteiger partial charge in [0.25, 0.3) is 5.56 Å². The van der Waals surface area contributed by atoms with Gasteiger partial charge in [0.1, 0.15) is 0 Å². The number of ether oxygens (including phenoxy) is 1. The van der Waals surface area contributed by atoms with Crippen LogP contribution in [0.25, 0.3) is 0 Å². The molecule has 1 aromatic carbocycles. The predicted octanol–water partition coefficient (Wildman–Crippen LogP) is 4.12. The predicted molar refractivity (Wildman–Crippen MR) is 95.2 cm³/mol. The normalized spacial score (nSPS) is 10.3. The first kappa shape index (κ1) is 17.8. The van der Waals surface area contributed by atoms with Gasteiger partial charge in [-0.25, -0.2) is 0 Å². The third kappa shape index (κ3) is 4.99. The van der Waals surface area contributed by atoms with Crippen molar-refractivity contribution in [1.82, 2.24) is 4.57 Å². The SMILES string of the molecule is CCCCCCCOc1cccn(Cc2ccccc2C#N)c1=O. The molecule has 4 heteroatoms. The van der Waals surface area contributed by atoms with E-state index in [1.807, 2.05) is 24.3 Å². The van der Waals surface area contributed by atoms with E-state index < -0.39 is 0 Å². The maximum absolute atomic E-state index is 12.5. The second-order valence-electron chi connectivity index (χ2n) is 5.84. The Hall–Kier alpha value is -2.54. The van der Waals surface area contributed by atoms with E-state index in [1.165, 1.54) is 19.3 Å². The van der Waals surface area contributed by atoms with Gasteiger partial charge in [-0.3, -0.25) is 4.79 Å². The van der Waals surface area contributed by atoms with Crippen molar-refractivity contribution < 1.29 is 4.74 Å². The van der Waals surface area contributed by atoms with Gasteiger partial charge in [-0.1, -0.05) is 50.8 Å². The van der Waals surface area contributed by atoms with Gasteiger partial charge in [0.15, 0.2) is 5.75 Å². The number of nitriles is 1. The second-order valence-corrected chi connectivity index (χ2v) is 5.84. The minimum Gasteiger partial charge on any atom is -0.488 e. The zero-order chi connectivity index (χ0) is 17.2. The molecule has 0 saturated heterocycles. The van der Waals surface area contributed by atoms with E-state index in [-0.39, 0.29) is 5.56 Å². The van der Waals surface area contributed by atoms with Crippen molar-refractivity contribution in [3.63, 3.8) is 0 Å². The van der Waals surface area contributed by atoms with E-state index in [0.717, 1.165) is 18.4 Å². The van der Waals surface area contributed by atoms with Crippen molar-refractivity contribution in [3.8, 4) is 11.8 Å². The Kier molecular flexibility index (Phi) is 7.10. The standard InChI is InChI=1S/C20H24N2O2/c1-2-3-4-5-8-14-24-19-12-9-13-22(20(19)23)16-18-11-7-6-10-17(18)15-21/h6-7,9-13H,2-5,8,14,16H2,1H3. The smallest absolute Gasteiger partial charge is 0.293 e. The number of hydrogen-bond acceptors (Lipinski definition) is 3. The zero-order valence-electron chi connectivity index (χ0n) is 14.2. The Morgan fingerprint density at radius 1 is 1.08 bits per heavy atom. The molecule has 0 aliphatic rings. The lowest BCUT2D eigenvalue weighted by atomic mass is 10.1. The highest BCUT2D eigenvalue weighted by Crippen LogP contribution is 2.10. The van der Waals surface area contributed by atoms with Gasteiger partial charge in [0.05, 0.1) is 24.8 Å². The number of rotatable bonds is 9. The van der Waals surface area contributed by atoms with E-state index >= 15 is 0 Å². The summed E-state index contributed by atoms with van der Waals surface area (Å²) in [5.74, 6) is 0.377. The van der Waals surface area contributed by atoms with Crippen LogP contribution in [0.4, 0.5) is 0 Å². The lowest BCUT2D eigenvalue weighted by Gasteiger charge is -2.10. The first-order chi connectivity index (χ1) is 11.8. The molecule has 0 unspecified atom stereocenters. The fraction of sp³-hybridized carbons (Fsp3) is 0.400. The van der Waals surface area contributed by atoms with Crippen LogP contribution in [0.3, 0.4) is 0 Å². The Morgan fingerprint density at radius 2 is 1.88 bits per heavy atom. The Balaban J connectivity index is 2.00. The summed E-state index contributed by atoms with van der Waals surface area (Å²) in [6.45, 7) is 3.13. The quantitative estimate of drug-likeness (QED) is 0.652. The van der Waals surface area contributed by atoms with Gasteiger partial charge in [0.2, 0.25) is 0 Å². The van der Waals surface area contributed by atoms with Crippen LogP contribution in [0.2, 0.25) is 0 Å². The molecular weight excluding hydrogens is 300 g/mol. The van der Waals surface area contributed by atoms with Gasteiger partial charge < -0.3 is 9.30 Å². The van der Waals surface area contributed by atoms with Crippen molar-refractivity contribution in [3.05, 3.63) is 64.1 Å². The molecular formula is C20H24N2O2. The van der Waals surface area contributed by atoms with Gasteiger partial charge in [-0.05, 0) is 30.2 Å². The molecule has 0 N–H and O–H groups in total. The topological polar surface area (TPSA) is 55.0 Å². The van der Waals surface area contributed by atoms with Gasteiger partial charge in [0, 0.05) is 6.20 Å². The van der Waals surface area contributed by atoms with Crippen molar-refractivity contribution in [2.75, 3.05) is 6.61 Å². The third-order valence-electron chi connectivity index (χ3n) is 3.97. The molecule has 4 nitrogen and oxygen atoms in total. The van der Waals surface area contributed by atoms with Crippen LogP contribution in [-0.4, -0.2) is 11.2 Å². The summed E-state index contributed by atoms with van der Waals surface area (Å²) < 4.78 is 7.24. The van der Waals surface area contributed by atoms with Crippen LogP contribution in [-0.2, 0) is 6.54 Å². The Morgan fingerprint density at radius 3 is 2.67 bits per heavy atom. The molecule has 0 spiro atoms. The van der Waals surface area contributed by atoms with Crippen LogP contribution in [0.15, 0.2) is 47.4 Å². The first-order valence-corrected chi connectivity index (χ1v) is 8.56. The number of unbranched alkanes of at least 4 members (excludes halogenated alkanes) is 4. The van der Waals surface area contributed by atoms with E-state index in [4.69, 9.17) is 10.00 Å². The number of aromatic nitrogens is 1. The summed E-state index contributed by atoms with van der Waals surface area (Å²) in [5, 5.41) is 9.16. The highest BCUT2D eigenvalue weighted by Gasteiger charge is 2.07. The van der Waals surface area contributed by atoms with Gasteiger partial charge in [-0.15, -0.1) is 0 Å². The number of nitrogens with zero attached hydrogens (tertiary/aromatic N) is 2. The molecule has 0 amide bonds. The largest absolute Gasteiger partial charge is 0.488 e. The molecule has 1 heterocycles. The Bertz CT molecular complexity index is 744.